The highest BCUT2D eigenvalue weighted by atomic mass is 31.2. The lowest BCUT2D eigenvalue weighted by atomic mass is 9.98. The van der Waals surface area contributed by atoms with E-state index in [4.69, 9.17) is 33.5 Å². The van der Waals surface area contributed by atoms with E-state index in [1.165, 1.54) is 16.8 Å². The van der Waals surface area contributed by atoms with Crippen molar-refractivity contribution in [2.45, 2.75) is 65.5 Å². The zero-order valence-electron chi connectivity index (χ0n) is 22.2. The van der Waals surface area contributed by atoms with E-state index in [1.54, 1.807) is 41.5 Å². The Morgan fingerprint density at radius 2 is 1.68 bits per heavy atom. The second kappa shape index (κ2) is 11.0. The summed E-state index contributed by atoms with van der Waals surface area (Å²) in [6.07, 6.45) is -1.86. The van der Waals surface area contributed by atoms with E-state index >= 15 is 0 Å². The Labute approximate surface area is 219 Å². The van der Waals surface area contributed by atoms with Gasteiger partial charge in [-0.25, -0.2) is 18.4 Å². The first-order valence-electron chi connectivity index (χ1n) is 11.8. The van der Waals surface area contributed by atoms with Crippen LogP contribution in [-0.2, 0) is 41.9 Å². The first-order chi connectivity index (χ1) is 17.5. The summed E-state index contributed by atoms with van der Waals surface area (Å²) in [6.45, 7) is 7.95. The first-order valence-corrected chi connectivity index (χ1v) is 13.3. The molecule has 2 unspecified atom stereocenters. The number of rotatable bonds is 10. The number of esters is 2. The van der Waals surface area contributed by atoms with Crippen LogP contribution < -0.4 is 16.7 Å². The van der Waals surface area contributed by atoms with Gasteiger partial charge in [-0.3, -0.25) is 18.7 Å². The third-order valence-electron chi connectivity index (χ3n) is 5.74. The van der Waals surface area contributed by atoms with Crippen LogP contribution in [0.3, 0.4) is 0 Å². The lowest BCUT2D eigenvalue weighted by Crippen LogP contribution is -2.41. The second-order valence-corrected chi connectivity index (χ2v) is 12.7. The minimum Gasteiger partial charge on any atom is -0.437 e. The van der Waals surface area contributed by atoms with Crippen LogP contribution in [0.4, 0.5) is 5.82 Å². The van der Waals surface area contributed by atoms with Gasteiger partial charge in [-0.2, -0.15) is 4.98 Å². The minimum absolute atomic E-state index is 0.0250. The summed E-state index contributed by atoms with van der Waals surface area (Å²) in [7, 11) is -4.51. The van der Waals surface area contributed by atoms with Crippen molar-refractivity contribution in [3.8, 4) is 0 Å². The maximum Gasteiger partial charge on any atom is 0.480 e. The van der Waals surface area contributed by atoms with Gasteiger partial charge < -0.3 is 30.4 Å². The molecule has 2 aliphatic rings. The fourth-order valence-corrected chi connectivity index (χ4v) is 4.29. The number of nitrogens with one attached hydrogen (secondary N) is 1. The van der Waals surface area contributed by atoms with Gasteiger partial charge in [0.2, 0.25) is 13.6 Å². The van der Waals surface area contributed by atoms with Crippen molar-refractivity contribution < 1.29 is 47.0 Å². The molecule has 1 aromatic heterocycles. The fraction of sp³-hybridized carbons (Fsp3) is 0.727. The zero-order valence-corrected chi connectivity index (χ0v) is 23.1. The third-order valence-corrected chi connectivity index (χ3v) is 7.05. The fourth-order valence-electron chi connectivity index (χ4n) is 3.37. The van der Waals surface area contributed by atoms with Gasteiger partial charge in [-0.1, -0.05) is 0 Å². The molecule has 4 atom stereocenters. The summed E-state index contributed by atoms with van der Waals surface area (Å²) in [5, 5.41) is 13.9. The highest BCUT2D eigenvalue weighted by Gasteiger charge is 2.65. The largest absolute Gasteiger partial charge is 0.480 e. The molecule has 214 valence electrons. The number of phosphoric ester groups is 1. The maximum atomic E-state index is 13.3. The van der Waals surface area contributed by atoms with Crippen molar-refractivity contribution in [1.29, 1.82) is 0 Å². The van der Waals surface area contributed by atoms with Crippen LogP contribution in [0.25, 0.3) is 0 Å². The van der Waals surface area contributed by atoms with E-state index in [0.29, 0.717) is 6.54 Å². The number of ether oxygens (including phenoxy) is 3. The van der Waals surface area contributed by atoms with Gasteiger partial charge in [0, 0.05) is 12.7 Å². The Morgan fingerprint density at radius 1 is 1.16 bits per heavy atom. The Morgan fingerprint density at radius 3 is 2.13 bits per heavy atom. The molecule has 0 aromatic carbocycles. The predicted molar refractivity (Wildman–Crippen MR) is 130 cm³/mol. The molecule has 2 aliphatic heterocycles. The molecule has 1 aromatic rings. The molecule has 0 bridgehead atoms. The monoisotopic (exact) mass is 562 g/mol. The van der Waals surface area contributed by atoms with E-state index in [1.807, 2.05) is 0 Å². The minimum atomic E-state index is -4.51. The molecule has 0 saturated carbocycles. The molecule has 0 aliphatic carbocycles. The van der Waals surface area contributed by atoms with E-state index in [9.17, 15) is 24.1 Å². The molecule has 0 amide bonds. The number of carbonyl (C=O) groups is 2. The molecule has 3 rings (SSSR count). The van der Waals surface area contributed by atoms with Gasteiger partial charge >= 0.3 is 25.5 Å². The Hall–Kier alpha value is -2.39. The van der Waals surface area contributed by atoms with E-state index in [-0.39, 0.29) is 5.82 Å². The molecular weight excluding hydrogens is 527 g/mol. The molecule has 1 spiro atoms. The van der Waals surface area contributed by atoms with Gasteiger partial charge in [0.05, 0.1) is 17.4 Å². The quantitative estimate of drug-likeness (QED) is 0.155. The number of aliphatic hydroxyl groups excluding tert-OH is 1. The van der Waals surface area contributed by atoms with E-state index in [2.05, 4.69) is 10.3 Å². The van der Waals surface area contributed by atoms with Crippen LogP contribution in [-0.4, -0.2) is 71.1 Å². The van der Waals surface area contributed by atoms with E-state index in [0.717, 1.165) is 0 Å². The summed E-state index contributed by atoms with van der Waals surface area (Å²) in [4.78, 5) is 40.1. The first kappa shape index (κ1) is 30.2. The van der Waals surface area contributed by atoms with E-state index < -0.39 is 80.4 Å². The molecular formula is C22H35N4O11P. The second-order valence-electron chi connectivity index (χ2n) is 11.0. The lowest BCUT2D eigenvalue weighted by Gasteiger charge is -2.23. The third kappa shape index (κ3) is 6.97. The van der Waals surface area contributed by atoms with Crippen molar-refractivity contribution >= 4 is 25.6 Å². The molecule has 4 N–H and O–H groups in total. The number of aromatic nitrogens is 2. The Balaban J connectivity index is 1.68. The summed E-state index contributed by atoms with van der Waals surface area (Å²) in [5.74, 6) is -1.24. The van der Waals surface area contributed by atoms with Crippen molar-refractivity contribution in [3.63, 3.8) is 0 Å². The average molecular weight is 563 g/mol. The number of aliphatic hydroxyl groups is 1. The maximum absolute atomic E-state index is 13.3. The summed E-state index contributed by atoms with van der Waals surface area (Å²) < 4.78 is 45.9. The smallest absolute Gasteiger partial charge is 0.437 e. The van der Waals surface area contributed by atoms with Crippen LogP contribution in [0.5, 0.6) is 0 Å². The van der Waals surface area contributed by atoms with Gasteiger partial charge in [-0.05, 0) is 47.6 Å². The van der Waals surface area contributed by atoms with Crippen molar-refractivity contribution in [3.05, 3.63) is 22.7 Å². The van der Waals surface area contributed by atoms with Crippen LogP contribution in [0.15, 0.2) is 17.1 Å². The summed E-state index contributed by atoms with van der Waals surface area (Å²) in [6, 6.07) is 1.41. The summed E-state index contributed by atoms with van der Waals surface area (Å²) >= 11 is 0. The lowest BCUT2D eigenvalue weighted by molar-refractivity contribution is -0.163. The van der Waals surface area contributed by atoms with Crippen LogP contribution in [0.1, 0.15) is 47.8 Å². The van der Waals surface area contributed by atoms with Crippen LogP contribution in [0, 0.1) is 10.8 Å². The van der Waals surface area contributed by atoms with Crippen molar-refractivity contribution in [2.24, 2.45) is 10.8 Å². The molecule has 3 heterocycles. The van der Waals surface area contributed by atoms with Gasteiger partial charge in [-0.15, -0.1) is 0 Å². The van der Waals surface area contributed by atoms with Crippen molar-refractivity contribution in [2.75, 3.05) is 32.5 Å². The number of phosphoric acid groups is 1. The molecule has 16 heteroatoms. The highest BCUT2D eigenvalue weighted by molar-refractivity contribution is 7.48. The van der Waals surface area contributed by atoms with Crippen LogP contribution >= 0.6 is 7.82 Å². The predicted octanol–water partition coefficient (Wildman–Crippen LogP) is 0.677. The van der Waals surface area contributed by atoms with Crippen LogP contribution in [0.2, 0.25) is 0 Å². The molecule has 2 fully saturated rings. The number of nitrogens with two attached hydrogens (primary N) is 1. The molecule has 0 radical (unpaired) electrons. The van der Waals surface area contributed by atoms with Gasteiger partial charge in [0.25, 0.3) is 0 Å². The molecule has 38 heavy (non-hydrogen) atoms. The number of hydrogen-bond donors (Lipinski definition) is 3. The van der Waals surface area contributed by atoms with Crippen molar-refractivity contribution in [1.82, 2.24) is 14.9 Å². The normalized spacial score (nSPS) is 25.4. The topological polar surface area (TPSA) is 210 Å². The number of carbonyl (C=O) groups excluding carboxylic acids is 2. The van der Waals surface area contributed by atoms with Gasteiger partial charge in [0.15, 0.2) is 6.23 Å². The number of nitrogens with zero attached hydrogens (tertiary/aromatic N) is 2. The average Bonchev–Trinajstić information content (AvgIpc) is 3.55. The molecule has 2 saturated heterocycles. The standard InChI is InChI=1S/C22H35N4O11P/c1-20(2,3)17(28)32-11-35-38(31,36-12-33-18(29)21(4,5)6)34-9-13-15(27)22(10-24-22)16(37-13)26-8-7-14(23)25-19(26)30/h7-8,13,15-16,24,27H,9-12H2,1-6H3,(H2,23,25,30)/t13-,15?,16?,22+/m1/s1. The van der Waals surface area contributed by atoms with Gasteiger partial charge in [0.1, 0.15) is 23.6 Å². The molecule has 15 nitrogen and oxygen atoms in total. The zero-order chi connectivity index (χ0) is 28.5. The Kier molecular flexibility index (Phi) is 8.73. The summed E-state index contributed by atoms with van der Waals surface area (Å²) in [5.41, 5.74) is 2.15. The number of hydrogen-bond acceptors (Lipinski definition) is 14. The highest BCUT2D eigenvalue weighted by Crippen LogP contribution is 2.51. The number of anilines is 1. The Bertz CT molecular complexity index is 1100. The number of nitrogen functional groups attached to an aromatic ring is 1. The SMILES string of the molecule is CC(C)(C)C(=O)OCOP(=O)(OCOC(=O)C(C)(C)C)OC[C@H]1OC(n2ccc(N)nc2=O)[C@]2(CN2)C1O.